The topological polar surface area (TPSA) is 212 Å². The molecule has 0 saturated carbocycles. The van der Waals surface area contributed by atoms with E-state index in [0.717, 1.165) is 0 Å². The van der Waals surface area contributed by atoms with Crippen molar-refractivity contribution in [1.82, 2.24) is 5.32 Å². The van der Waals surface area contributed by atoms with E-state index in [9.17, 15) is 9.59 Å². The molecule has 0 aromatic rings. The van der Waals surface area contributed by atoms with Gasteiger partial charge in [0, 0.05) is 13.0 Å². The van der Waals surface area contributed by atoms with Crippen molar-refractivity contribution in [2.24, 2.45) is 5.73 Å². The largest absolute Gasteiger partial charge is 0.477 e. The van der Waals surface area contributed by atoms with Gasteiger partial charge < -0.3 is 21.9 Å². The molecule has 0 radical (unpaired) electrons. The number of hydrogen-bond acceptors (Lipinski definition) is 6. The smallest absolute Gasteiger partial charge is 0.362 e. The zero-order valence-electron chi connectivity index (χ0n) is 8.76. The quantitative estimate of drug-likeness (QED) is 0.355. The fourth-order valence-corrected chi connectivity index (χ4v) is 0.684. The number of carbonyl (C=O) groups excluding carboxylic acids is 1. The minimum atomic E-state index is -4.94. The number of nitrogens with two attached hydrogens (primary N) is 1. The van der Waals surface area contributed by atoms with Crippen molar-refractivity contribution in [1.29, 1.82) is 0 Å². The highest BCUT2D eigenvalue weighted by Gasteiger charge is 2.13. The highest BCUT2D eigenvalue weighted by atomic mass is 35.7. The van der Waals surface area contributed by atoms with Crippen LogP contribution in [-0.2, 0) is 4.79 Å². The van der Waals surface area contributed by atoms with Gasteiger partial charge in [-0.05, 0) is 6.42 Å². The molecule has 0 spiro atoms. The van der Waals surface area contributed by atoms with Gasteiger partial charge in [0.2, 0.25) is 0 Å². The molecule has 0 aliphatic heterocycles. The second kappa shape index (κ2) is 8.92. The van der Waals surface area contributed by atoms with Crippen molar-refractivity contribution in [3.63, 3.8) is 0 Å². The molecule has 0 aliphatic rings. The monoisotopic (exact) mass is 275 g/mol. The Labute approximate surface area is 98.6 Å². The lowest BCUT2D eigenvalue weighted by molar-refractivity contribution is -2.00. The summed E-state index contributed by atoms with van der Waals surface area (Å²) in [5, 5.41) is 10.8. The van der Waals surface area contributed by atoms with Crippen molar-refractivity contribution in [3.8, 4) is 0 Å². The zero-order valence-corrected chi connectivity index (χ0v) is 9.51. The lowest BCUT2D eigenvalue weighted by Crippen LogP contribution is -2.68. The Bertz CT molecular complexity index is 238. The number of primary amides is 1. The van der Waals surface area contributed by atoms with Gasteiger partial charge in [-0.1, -0.05) is 0 Å². The maximum Gasteiger partial charge on any atom is 0.362 e. The fourth-order valence-electron chi connectivity index (χ4n) is 0.684. The Morgan fingerprint density at radius 2 is 1.76 bits per heavy atom. The van der Waals surface area contributed by atoms with Gasteiger partial charge >= 0.3 is 12.0 Å². The highest BCUT2D eigenvalue weighted by Crippen LogP contribution is 1.90. The van der Waals surface area contributed by atoms with E-state index in [4.69, 9.17) is 29.5 Å². The van der Waals surface area contributed by atoms with E-state index in [0.29, 0.717) is 19.4 Å². The molecule has 17 heavy (non-hydrogen) atoms. The summed E-state index contributed by atoms with van der Waals surface area (Å²) in [6.45, 7) is 0.397. The van der Waals surface area contributed by atoms with Gasteiger partial charge in [-0.3, -0.25) is 0 Å². The van der Waals surface area contributed by atoms with E-state index in [1.54, 1.807) is 0 Å². The van der Waals surface area contributed by atoms with Crippen LogP contribution in [0, 0.1) is 10.2 Å². The number of urea groups is 1. The first-order chi connectivity index (χ1) is 7.54. The van der Waals surface area contributed by atoms with Crippen LogP contribution in [0.3, 0.4) is 0 Å². The molecule has 10 nitrogen and oxygen atoms in total. The molecule has 0 bridgehead atoms. The van der Waals surface area contributed by atoms with E-state index in [1.165, 1.54) is 0 Å². The molecule has 0 unspecified atom stereocenters. The first-order valence-corrected chi connectivity index (χ1v) is 5.48. The summed E-state index contributed by atoms with van der Waals surface area (Å²) in [5.41, 5.74) is 8.20. The van der Waals surface area contributed by atoms with Gasteiger partial charge in [0.15, 0.2) is 6.04 Å². The number of quaternary nitrogens is 1. The lowest BCUT2D eigenvalue weighted by atomic mass is 10.2. The Morgan fingerprint density at radius 3 is 2.06 bits per heavy atom. The molecule has 0 aromatic heterocycles. The molecule has 1 atom stereocenters. The predicted molar refractivity (Wildman–Crippen MR) is 41.1 cm³/mol. The molecule has 0 aliphatic carbocycles. The summed E-state index contributed by atoms with van der Waals surface area (Å²) in [5.74, 6) is -0.922. The average molecular weight is 276 g/mol. The van der Waals surface area contributed by atoms with Crippen molar-refractivity contribution in [2.45, 2.75) is 18.9 Å². The van der Waals surface area contributed by atoms with Gasteiger partial charge in [-0.2, -0.15) is 0 Å². The molecule has 102 valence electrons. The zero-order chi connectivity index (χ0) is 14.1. The fraction of sp³-hybridized carbons (Fsp3) is 0.667. The normalized spacial score (nSPS) is 12.1. The molecule has 0 saturated heterocycles. The van der Waals surface area contributed by atoms with Crippen LogP contribution >= 0.6 is 0 Å². The predicted octanol–water partition coefficient (Wildman–Crippen LogP) is -6.63. The van der Waals surface area contributed by atoms with Gasteiger partial charge in [-0.15, -0.1) is 10.2 Å². The Morgan fingerprint density at radius 1 is 1.35 bits per heavy atom. The molecule has 0 fully saturated rings. The molecule has 7 N–H and O–H groups in total. The molecule has 11 heteroatoms. The third kappa shape index (κ3) is 25.3. The van der Waals surface area contributed by atoms with Crippen LogP contribution in [0.1, 0.15) is 12.8 Å². The van der Waals surface area contributed by atoms with Crippen molar-refractivity contribution < 1.29 is 49.3 Å². The number of carboxylic acids is 1. The average Bonchev–Trinajstić information content (AvgIpc) is 2.08. The molecule has 2 amide bonds. The van der Waals surface area contributed by atoms with Crippen molar-refractivity contribution in [2.75, 3.05) is 6.54 Å². The van der Waals surface area contributed by atoms with Crippen LogP contribution in [0.4, 0.5) is 4.79 Å². The number of nitrogens with one attached hydrogen (secondary N) is 1. The van der Waals surface area contributed by atoms with Crippen LogP contribution in [-0.4, -0.2) is 29.7 Å². The number of halogens is 1. The summed E-state index contributed by atoms with van der Waals surface area (Å²) >= 11 is 0. The first kappa shape index (κ1) is 18.2. The van der Waals surface area contributed by atoms with E-state index in [1.807, 2.05) is 0 Å². The SMILES string of the molecule is NC(=O)NCCC[C@H]([NH3+])C(=O)O.[O-][Cl+3]([O-])([O-])[O-]. The Balaban J connectivity index is 0. The molecular formula is C6H14ClN3O7. The molecule has 0 aromatic carbocycles. The Hall–Kier alpha value is -1.17. The first-order valence-electron chi connectivity index (χ1n) is 4.25. The van der Waals surface area contributed by atoms with E-state index < -0.39 is 28.3 Å². The highest BCUT2D eigenvalue weighted by molar-refractivity contribution is 5.72. The number of hydrogen-bond donors (Lipinski definition) is 4. The van der Waals surface area contributed by atoms with Gasteiger partial charge in [0.1, 0.15) is 0 Å². The van der Waals surface area contributed by atoms with E-state index in [2.05, 4.69) is 11.1 Å². The second-order valence-electron chi connectivity index (χ2n) is 2.85. The molecular weight excluding hydrogens is 262 g/mol. The van der Waals surface area contributed by atoms with Crippen LogP contribution in [0.2, 0.25) is 0 Å². The van der Waals surface area contributed by atoms with Crippen LogP contribution < -0.4 is 35.4 Å². The minimum Gasteiger partial charge on any atom is -0.477 e. The minimum absolute atomic E-state index is 0.397. The maximum atomic E-state index is 10.3. The number of carboxylic acid groups (broad SMARTS) is 1. The molecule has 0 rings (SSSR count). The van der Waals surface area contributed by atoms with Crippen LogP contribution in [0.15, 0.2) is 0 Å². The van der Waals surface area contributed by atoms with Gasteiger partial charge in [0.05, 0.1) is 0 Å². The summed E-state index contributed by atoms with van der Waals surface area (Å²) in [4.78, 5) is 20.4. The van der Waals surface area contributed by atoms with Crippen molar-refractivity contribution >= 4 is 12.0 Å². The van der Waals surface area contributed by atoms with Crippen LogP contribution in [0.5, 0.6) is 0 Å². The lowest BCUT2D eigenvalue weighted by Gasteiger charge is -2.17. The third-order valence-electron chi connectivity index (χ3n) is 1.38. The standard InChI is InChI=1S/C6H13N3O3.ClHO4/c7-4(5(10)11)2-1-3-9-6(8)12;2-1(3,4)5/h4H,1-3,7H2,(H,10,11)(H3,8,9,12);(H,2,3,4,5)/t4-;/m0./s1. The van der Waals surface area contributed by atoms with E-state index in [-0.39, 0.29) is 0 Å². The maximum absolute atomic E-state index is 10.3. The van der Waals surface area contributed by atoms with Crippen LogP contribution in [0.25, 0.3) is 0 Å². The summed E-state index contributed by atoms with van der Waals surface area (Å²) in [6, 6.07) is -1.20. The molecule has 0 heterocycles. The summed E-state index contributed by atoms with van der Waals surface area (Å²) < 4.78 is 34.0. The number of amides is 2. The van der Waals surface area contributed by atoms with E-state index >= 15 is 0 Å². The number of carbonyl (C=O) groups is 2. The summed E-state index contributed by atoms with van der Waals surface area (Å²) in [6.07, 6.45) is 1.01. The summed E-state index contributed by atoms with van der Waals surface area (Å²) in [7, 11) is -4.94. The van der Waals surface area contributed by atoms with Gasteiger partial charge in [-0.25, -0.2) is 28.2 Å². The Kier molecular flexibility index (Phi) is 9.55. The second-order valence-corrected chi connectivity index (χ2v) is 3.60. The van der Waals surface area contributed by atoms with Crippen molar-refractivity contribution in [3.05, 3.63) is 0 Å². The number of rotatable bonds is 5. The number of aliphatic carboxylic acids is 1. The van der Waals surface area contributed by atoms with Gasteiger partial charge in [0.25, 0.3) is 0 Å². The third-order valence-corrected chi connectivity index (χ3v) is 1.38.